The summed E-state index contributed by atoms with van der Waals surface area (Å²) >= 11 is 0. The van der Waals surface area contributed by atoms with Crippen molar-refractivity contribution in [1.29, 1.82) is 10.8 Å². The average molecular weight is 413 g/mol. The monoisotopic (exact) mass is 412 g/mol. The van der Waals surface area contributed by atoms with E-state index in [4.69, 9.17) is 10.8 Å². The van der Waals surface area contributed by atoms with E-state index in [1.54, 1.807) is 24.5 Å². The summed E-state index contributed by atoms with van der Waals surface area (Å²) in [5.74, 6) is -2.53. The van der Waals surface area contributed by atoms with Crippen LogP contribution in [-0.4, -0.2) is 34.3 Å². The first-order chi connectivity index (χ1) is 12.4. The zero-order valence-corrected chi connectivity index (χ0v) is 15.2. The number of allylic oxidation sites excluding steroid dienone is 2. The minimum atomic E-state index is -1.27. The fraction of sp³-hybridized carbons (Fsp3) is 0.111. The number of carbonyl (C=O) groups is 2. The van der Waals surface area contributed by atoms with Gasteiger partial charge in [0.15, 0.2) is 0 Å². The Morgan fingerprint density at radius 3 is 1.44 bits per heavy atom. The molecule has 0 unspecified atom stereocenters. The Labute approximate surface area is 166 Å². The van der Waals surface area contributed by atoms with Crippen LogP contribution in [0.2, 0.25) is 0 Å². The fourth-order valence-corrected chi connectivity index (χ4v) is 2.31. The molecule has 0 saturated carbocycles. The summed E-state index contributed by atoms with van der Waals surface area (Å²) in [6.07, 6.45) is 9.11. The number of rotatable bonds is 8. The molecule has 144 valence electrons. The molecule has 0 saturated heterocycles. The van der Waals surface area contributed by atoms with Crippen LogP contribution in [0, 0.1) is 10.8 Å². The minimum absolute atomic E-state index is 0. The second-order valence-electron chi connectivity index (χ2n) is 5.05. The number of carboxylic acid groups (broad SMARTS) is 2. The maximum Gasteiger partial charge on any atom is 2.00 e. The van der Waals surface area contributed by atoms with Gasteiger partial charge in [0, 0.05) is 35.9 Å². The van der Waals surface area contributed by atoms with Gasteiger partial charge in [-0.3, -0.25) is 0 Å². The van der Waals surface area contributed by atoms with Crippen LogP contribution in [0.15, 0.2) is 37.7 Å². The molecule has 4 N–H and O–H groups in total. The number of aromatic nitrogens is 2. The van der Waals surface area contributed by atoms with Crippen LogP contribution in [0.25, 0.3) is 0 Å². The van der Waals surface area contributed by atoms with Crippen molar-refractivity contribution in [3.63, 3.8) is 0 Å². The molecule has 0 bridgehead atoms. The molecule has 8 nitrogen and oxygen atoms in total. The van der Waals surface area contributed by atoms with Crippen molar-refractivity contribution in [3.8, 4) is 0 Å². The Hall–Kier alpha value is -3.19. The Bertz CT molecular complexity index is 781. The van der Waals surface area contributed by atoms with Crippen LogP contribution in [0.5, 0.6) is 0 Å². The van der Waals surface area contributed by atoms with Crippen molar-refractivity contribution in [2.75, 3.05) is 0 Å². The third kappa shape index (κ3) is 5.93. The second-order valence-corrected chi connectivity index (χ2v) is 5.05. The molecular formula is C18H18N4NiO4. The molecular weight excluding hydrogens is 395 g/mol. The van der Waals surface area contributed by atoms with Gasteiger partial charge in [-0.25, -0.2) is 0 Å². The van der Waals surface area contributed by atoms with Crippen LogP contribution in [0.4, 0.5) is 0 Å². The maximum absolute atomic E-state index is 10.7. The topological polar surface area (TPSA) is 160 Å². The minimum Gasteiger partial charge on any atom is -0.545 e. The van der Waals surface area contributed by atoms with Crippen molar-refractivity contribution in [3.05, 3.63) is 71.3 Å². The van der Waals surface area contributed by atoms with Crippen molar-refractivity contribution >= 4 is 24.4 Å². The van der Waals surface area contributed by atoms with Gasteiger partial charge in [0.25, 0.3) is 0 Å². The molecule has 0 aliphatic rings. The van der Waals surface area contributed by atoms with E-state index in [9.17, 15) is 19.8 Å². The maximum atomic E-state index is 10.7. The van der Waals surface area contributed by atoms with Gasteiger partial charge in [-0.05, 0) is 24.0 Å². The van der Waals surface area contributed by atoms with Crippen molar-refractivity contribution in [2.24, 2.45) is 0 Å². The van der Waals surface area contributed by atoms with Gasteiger partial charge in [0.2, 0.25) is 0 Å². The smallest absolute Gasteiger partial charge is 0.545 e. The van der Waals surface area contributed by atoms with Crippen LogP contribution in [-0.2, 0) is 29.3 Å². The van der Waals surface area contributed by atoms with Crippen LogP contribution in [0.1, 0.15) is 43.2 Å². The molecule has 2 rings (SSSR count). The molecule has 0 atom stereocenters. The summed E-state index contributed by atoms with van der Waals surface area (Å²) in [6, 6.07) is 0. The Morgan fingerprint density at radius 2 is 1.22 bits per heavy atom. The number of carbonyl (C=O) groups excluding carboxylic acids is 2. The summed E-state index contributed by atoms with van der Waals surface area (Å²) in [6.45, 7) is 7.01. The summed E-state index contributed by atoms with van der Waals surface area (Å²) in [5, 5.41) is 35.2. The van der Waals surface area contributed by atoms with Gasteiger partial charge in [0.1, 0.15) is 0 Å². The van der Waals surface area contributed by atoms with E-state index < -0.39 is 11.9 Å². The second kappa shape index (κ2) is 11.4. The summed E-state index contributed by atoms with van der Waals surface area (Å²) < 4.78 is 0. The third-order valence-corrected chi connectivity index (χ3v) is 3.41. The quantitative estimate of drug-likeness (QED) is 0.277. The normalized spacial score (nSPS) is 9.19. The number of aromatic amines is 2. The van der Waals surface area contributed by atoms with E-state index >= 15 is 0 Å². The first-order valence-corrected chi connectivity index (χ1v) is 7.47. The number of hydrogen-bond donors (Lipinski definition) is 4. The molecule has 0 aromatic carbocycles. The number of hydrogen-bond acceptors (Lipinski definition) is 6. The average Bonchev–Trinajstić information content (AvgIpc) is 3.19. The molecule has 0 amide bonds. The molecule has 2 heterocycles. The summed E-state index contributed by atoms with van der Waals surface area (Å²) in [4.78, 5) is 26.7. The molecule has 2 aromatic heterocycles. The van der Waals surface area contributed by atoms with Gasteiger partial charge in [-0.1, -0.05) is 12.2 Å². The molecule has 27 heavy (non-hydrogen) atoms. The van der Waals surface area contributed by atoms with Gasteiger partial charge in [-0.2, -0.15) is 0 Å². The molecule has 0 fully saturated rings. The zero-order valence-electron chi connectivity index (χ0n) is 14.2. The molecule has 0 aliphatic heterocycles. The Balaban J connectivity index is 0.000000483. The molecule has 0 radical (unpaired) electrons. The van der Waals surface area contributed by atoms with Crippen LogP contribution < -0.4 is 10.2 Å². The number of H-pyrrole nitrogens is 2. The standard InChI is InChI=1S/2C9H10N2O2.Ni/c2*1-2-3-6-5-11-7(4-10)8(6)9(12)13;/h2*2,4-5,10-11H,1,3H2,(H,12,13);/q;;+2/p-2. The SMILES string of the molecule is C=CCc1c[nH]c(C=N)c1C(=O)[O-].C=CCc1c[nH]c(C=N)c1C(=O)[O-].[Ni+2]. The molecule has 2 aromatic rings. The third-order valence-electron chi connectivity index (χ3n) is 3.41. The van der Waals surface area contributed by atoms with Gasteiger partial charge in [-0.15, -0.1) is 13.2 Å². The van der Waals surface area contributed by atoms with E-state index in [0.29, 0.717) is 24.0 Å². The predicted octanol–water partition coefficient (Wildman–Crippen LogP) is 0.206. The van der Waals surface area contributed by atoms with Crippen LogP contribution >= 0.6 is 0 Å². The Kier molecular flexibility index (Phi) is 10.1. The first-order valence-electron chi connectivity index (χ1n) is 7.47. The van der Waals surface area contributed by atoms with Crippen molar-refractivity contribution in [1.82, 2.24) is 9.97 Å². The van der Waals surface area contributed by atoms with Crippen molar-refractivity contribution < 1.29 is 36.3 Å². The zero-order chi connectivity index (χ0) is 19.7. The Morgan fingerprint density at radius 1 is 0.889 bits per heavy atom. The van der Waals surface area contributed by atoms with E-state index in [0.717, 1.165) is 12.4 Å². The molecule has 9 heteroatoms. The first kappa shape index (κ1) is 23.8. The number of carboxylic acids is 2. The molecule has 0 aliphatic carbocycles. The van der Waals surface area contributed by atoms with E-state index in [2.05, 4.69) is 23.1 Å². The predicted molar refractivity (Wildman–Crippen MR) is 93.8 cm³/mol. The largest absolute Gasteiger partial charge is 2.00 e. The van der Waals surface area contributed by atoms with Gasteiger partial charge < -0.3 is 40.6 Å². The summed E-state index contributed by atoms with van der Waals surface area (Å²) in [5.41, 5.74) is 1.81. The van der Waals surface area contributed by atoms with E-state index in [1.165, 1.54) is 0 Å². The van der Waals surface area contributed by atoms with Gasteiger partial charge >= 0.3 is 16.5 Å². The van der Waals surface area contributed by atoms with Crippen LogP contribution in [0.3, 0.4) is 0 Å². The van der Waals surface area contributed by atoms with E-state index in [-0.39, 0.29) is 39.0 Å². The number of aromatic carboxylic acids is 2. The van der Waals surface area contributed by atoms with E-state index in [1.807, 2.05) is 0 Å². The summed E-state index contributed by atoms with van der Waals surface area (Å²) in [7, 11) is 0. The van der Waals surface area contributed by atoms with Crippen molar-refractivity contribution in [2.45, 2.75) is 12.8 Å². The fourth-order valence-electron chi connectivity index (χ4n) is 2.31. The number of nitrogens with one attached hydrogen (secondary N) is 4. The van der Waals surface area contributed by atoms with Gasteiger partial charge in [0.05, 0.1) is 23.3 Å². The molecule has 0 spiro atoms.